The predicted octanol–water partition coefficient (Wildman–Crippen LogP) is 3.53. The average molecular weight is 405 g/mol. The number of rotatable bonds is 3. The highest BCUT2D eigenvalue weighted by Crippen LogP contribution is 2.46. The van der Waals surface area contributed by atoms with Gasteiger partial charge in [0.25, 0.3) is 10.0 Å². The lowest BCUT2D eigenvalue weighted by atomic mass is 9.92. The molecule has 1 aliphatic heterocycles. The molecule has 2 aromatic heterocycles. The number of benzene rings is 2. The zero-order valence-electron chi connectivity index (χ0n) is 15.6. The smallest absolute Gasteiger partial charge is 0.267 e. The van der Waals surface area contributed by atoms with Crippen LogP contribution in [0.15, 0.2) is 78.0 Å². The van der Waals surface area contributed by atoms with Crippen molar-refractivity contribution in [1.29, 1.82) is 0 Å². The predicted molar refractivity (Wildman–Crippen MR) is 111 cm³/mol. The number of nitrogens with one attached hydrogen (secondary N) is 1. The normalized spacial score (nSPS) is 18.9. The Bertz CT molecular complexity index is 1310. The Labute approximate surface area is 168 Å². The molecule has 146 valence electrons. The van der Waals surface area contributed by atoms with Gasteiger partial charge in [-0.1, -0.05) is 42.0 Å². The molecule has 0 saturated carbocycles. The van der Waals surface area contributed by atoms with Crippen LogP contribution in [0.4, 0.5) is 5.82 Å². The van der Waals surface area contributed by atoms with Gasteiger partial charge in [0, 0.05) is 28.9 Å². The maximum Gasteiger partial charge on any atom is 0.267 e. The highest BCUT2D eigenvalue weighted by atomic mass is 32.2. The minimum Gasteiger partial charge on any atom is -0.371 e. The second kappa shape index (κ2) is 6.43. The molecule has 1 aliphatic rings. The zero-order chi connectivity index (χ0) is 20.2. The van der Waals surface area contributed by atoms with E-state index in [1.807, 2.05) is 43.5 Å². The summed E-state index contributed by atoms with van der Waals surface area (Å²) in [5.41, 5.74) is 3.41. The summed E-state index contributed by atoms with van der Waals surface area (Å²) in [4.78, 5) is 7.65. The van der Waals surface area contributed by atoms with Crippen LogP contribution in [-0.2, 0) is 10.0 Å². The molecule has 4 aromatic rings. The number of aliphatic hydroxyl groups excluding tert-OH is 1. The number of nitrogens with zero attached hydrogens (tertiary/aromatic N) is 2. The summed E-state index contributed by atoms with van der Waals surface area (Å²) in [6.45, 7) is 1.89. The standard InChI is InChI=1S/C22H19N3O3S/c1-14-8-10-15(11-9-14)29(27,28)25-21-17(6-4-12-23-21)20(22(25)26)18-13-24-19-7-3-2-5-16(18)19/h2-13,20,22,24,26H,1H3/t20-,22-/m1/s1. The van der Waals surface area contributed by atoms with Crippen LogP contribution in [0.25, 0.3) is 10.9 Å². The lowest BCUT2D eigenvalue weighted by Crippen LogP contribution is -2.39. The van der Waals surface area contributed by atoms with Gasteiger partial charge in [-0.25, -0.2) is 17.7 Å². The Hall–Kier alpha value is -3.16. The number of hydrogen-bond donors (Lipinski definition) is 2. The van der Waals surface area contributed by atoms with Crippen molar-refractivity contribution in [2.75, 3.05) is 4.31 Å². The minimum absolute atomic E-state index is 0.123. The van der Waals surface area contributed by atoms with Gasteiger partial charge in [-0.15, -0.1) is 0 Å². The summed E-state index contributed by atoms with van der Waals surface area (Å²) < 4.78 is 27.9. The summed E-state index contributed by atoms with van der Waals surface area (Å²) in [5, 5.41) is 12.2. The van der Waals surface area contributed by atoms with E-state index in [2.05, 4.69) is 9.97 Å². The highest BCUT2D eigenvalue weighted by Gasteiger charge is 2.46. The van der Waals surface area contributed by atoms with E-state index in [0.717, 1.165) is 26.3 Å². The van der Waals surface area contributed by atoms with Gasteiger partial charge in [-0.05, 0) is 36.8 Å². The maximum atomic E-state index is 13.4. The SMILES string of the molecule is Cc1ccc(S(=O)(=O)N2c3ncccc3[C@H](c3c[nH]c4ccccc34)[C@H]2O)cc1. The first-order valence-corrected chi connectivity index (χ1v) is 10.7. The fourth-order valence-electron chi connectivity index (χ4n) is 4.02. The van der Waals surface area contributed by atoms with E-state index < -0.39 is 22.2 Å². The van der Waals surface area contributed by atoms with Crippen molar-refractivity contribution in [3.63, 3.8) is 0 Å². The van der Waals surface area contributed by atoms with E-state index in [1.165, 1.54) is 0 Å². The van der Waals surface area contributed by atoms with Crippen molar-refractivity contribution in [1.82, 2.24) is 9.97 Å². The van der Waals surface area contributed by atoms with Gasteiger partial charge >= 0.3 is 0 Å². The summed E-state index contributed by atoms with van der Waals surface area (Å²) >= 11 is 0. The molecule has 2 aromatic carbocycles. The molecule has 0 fully saturated rings. The first-order chi connectivity index (χ1) is 14.0. The number of fused-ring (bicyclic) bond motifs is 2. The number of H-pyrrole nitrogens is 1. The molecule has 0 unspecified atom stereocenters. The number of aromatic amines is 1. The van der Waals surface area contributed by atoms with E-state index in [4.69, 9.17) is 0 Å². The first kappa shape index (κ1) is 17.9. The topological polar surface area (TPSA) is 86.3 Å². The number of aliphatic hydroxyl groups is 1. The Balaban J connectivity index is 1.69. The Morgan fingerprint density at radius 2 is 1.76 bits per heavy atom. The van der Waals surface area contributed by atoms with Gasteiger partial charge in [-0.3, -0.25) is 0 Å². The van der Waals surface area contributed by atoms with Crippen molar-refractivity contribution in [2.24, 2.45) is 0 Å². The van der Waals surface area contributed by atoms with E-state index in [0.29, 0.717) is 5.56 Å². The summed E-state index contributed by atoms with van der Waals surface area (Å²) in [7, 11) is -3.98. The van der Waals surface area contributed by atoms with Crippen molar-refractivity contribution in [3.8, 4) is 0 Å². The lowest BCUT2D eigenvalue weighted by molar-refractivity contribution is 0.178. The summed E-state index contributed by atoms with van der Waals surface area (Å²) in [6, 6.07) is 17.9. The monoisotopic (exact) mass is 405 g/mol. The average Bonchev–Trinajstić information content (AvgIpc) is 3.26. The third kappa shape index (κ3) is 2.66. The molecular weight excluding hydrogens is 386 g/mol. The summed E-state index contributed by atoms with van der Waals surface area (Å²) in [5.74, 6) is -0.286. The molecular formula is C22H19N3O3S. The number of hydrogen-bond acceptors (Lipinski definition) is 4. The van der Waals surface area contributed by atoms with Gasteiger partial charge < -0.3 is 10.1 Å². The molecule has 0 aliphatic carbocycles. The van der Waals surface area contributed by atoms with Crippen molar-refractivity contribution >= 4 is 26.7 Å². The van der Waals surface area contributed by atoms with Crippen LogP contribution in [-0.4, -0.2) is 29.7 Å². The van der Waals surface area contributed by atoms with Gasteiger partial charge in [0.1, 0.15) is 5.82 Å². The quantitative estimate of drug-likeness (QED) is 0.546. The highest BCUT2D eigenvalue weighted by molar-refractivity contribution is 7.92. The molecule has 0 radical (unpaired) electrons. The van der Waals surface area contributed by atoms with Crippen molar-refractivity contribution < 1.29 is 13.5 Å². The molecule has 0 bridgehead atoms. The largest absolute Gasteiger partial charge is 0.371 e. The molecule has 5 rings (SSSR count). The Morgan fingerprint density at radius 1 is 1.00 bits per heavy atom. The van der Waals surface area contributed by atoms with E-state index in [-0.39, 0.29) is 10.7 Å². The van der Waals surface area contributed by atoms with Crippen LogP contribution in [0.3, 0.4) is 0 Å². The molecule has 29 heavy (non-hydrogen) atoms. The van der Waals surface area contributed by atoms with E-state index >= 15 is 0 Å². The van der Waals surface area contributed by atoms with Gasteiger partial charge in [-0.2, -0.15) is 0 Å². The zero-order valence-corrected chi connectivity index (χ0v) is 16.5. The second-order valence-corrected chi connectivity index (χ2v) is 9.03. The van der Waals surface area contributed by atoms with Crippen LogP contribution in [0.5, 0.6) is 0 Å². The first-order valence-electron chi connectivity index (χ1n) is 9.28. The number of pyridine rings is 1. The third-order valence-electron chi connectivity index (χ3n) is 5.43. The molecule has 7 heteroatoms. The maximum absolute atomic E-state index is 13.4. The molecule has 0 spiro atoms. The van der Waals surface area contributed by atoms with Crippen molar-refractivity contribution in [2.45, 2.75) is 24.0 Å². The number of anilines is 1. The second-order valence-electron chi connectivity index (χ2n) is 7.21. The fourth-order valence-corrected chi connectivity index (χ4v) is 5.51. The van der Waals surface area contributed by atoms with Crippen LogP contribution in [0.1, 0.15) is 22.6 Å². The summed E-state index contributed by atoms with van der Waals surface area (Å²) in [6.07, 6.45) is 2.07. The van der Waals surface area contributed by atoms with E-state index in [9.17, 15) is 13.5 Å². The lowest BCUT2D eigenvalue weighted by Gasteiger charge is -2.25. The van der Waals surface area contributed by atoms with E-state index in [1.54, 1.807) is 36.5 Å². The van der Waals surface area contributed by atoms with Crippen molar-refractivity contribution in [3.05, 3.63) is 89.7 Å². The molecule has 3 heterocycles. The minimum atomic E-state index is -3.98. The molecule has 2 atom stereocenters. The van der Waals surface area contributed by atoms with Crippen LogP contribution in [0.2, 0.25) is 0 Å². The third-order valence-corrected chi connectivity index (χ3v) is 7.21. The molecule has 6 nitrogen and oxygen atoms in total. The number of aryl methyl sites for hydroxylation is 1. The number of para-hydroxylation sites is 1. The van der Waals surface area contributed by atoms with Gasteiger partial charge in [0.2, 0.25) is 0 Å². The molecule has 0 amide bonds. The van der Waals surface area contributed by atoms with Crippen LogP contribution in [0, 0.1) is 6.92 Å². The van der Waals surface area contributed by atoms with Gasteiger partial charge in [0.15, 0.2) is 6.23 Å². The number of sulfonamides is 1. The molecule has 2 N–H and O–H groups in total. The Morgan fingerprint density at radius 3 is 2.55 bits per heavy atom. The Kier molecular flexibility index (Phi) is 3.97. The van der Waals surface area contributed by atoms with Gasteiger partial charge in [0.05, 0.1) is 10.8 Å². The number of aromatic nitrogens is 2. The van der Waals surface area contributed by atoms with Crippen LogP contribution >= 0.6 is 0 Å². The molecule has 0 saturated heterocycles. The van der Waals surface area contributed by atoms with Crippen LogP contribution < -0.4 is 4.31 Å². The fraction of sp³-hybridized carbons (Fsp3) is 0.136.